The molecule has 1 aromatic rings. The Morgan fingerprint density at radius 2 is 1.84 bits per heavy atom. The molecule has 1 nitrogen and oxygen atoms in total. The summed E-state index contributed by atoms with van der Waals surface area (Å²) in [5.74, 6) is 0.414. The minimum Gasteiger partial charge on any atom is -0.496 e. The topological polar surface area (TPSA) is 9.23 Å². The van der Waals surface area contributed by atoms with Crippen LogP contribution in [0.25, 0.3) is 0 Å². The predicted molar refractivity (Wildman–Crippen MR) is 79.5 cm³/mol. The number of ether oxygens (including phenoxy) is 1. The fourth-order valence-corrected chi connectivity index (χ4v) is 2.53. The molecule has 0 saturated carbocycles. The van der Waals surface area contributed by atoms with Gasteiger partial charge in [-0.15, -0.1) is 11.6 Å². The van der Waals surface area contributed by atoms with Gasteiger partial charge in [-0.05, 0) is 24.6 Å². The van der Waals surface area contributed by atoms with E-state index in [9.17, 15) is 4.39 Å². The van der Waals surface area contributed by atoms with Gasteiger partial charge in [0.15, 0.2) is 0 Å². The van der Waals surface area contributed by atoms with Crippen LogP contribution in [0.5, 0.6) is 5.75 Å². The minimum absolute atomic E-state index is 0.170. The molecule has 0 saturated heterocycles. The molecule has 0 heterocycles. The highest BCUT2D eigenvalue weighted by Crippen LogP contribution is 2.34. The first-order valence-electron chi connectivity index (χ1n) is 7.16. The third-order valence-electron chi connectivity index (χ3n) is 3.34. The van der Waals surface area contributed by atoms with Crippen molar-refractivity contribution in [2.24, 2.45) is 0 Å². The molecule has 0 fully saturated rings. The first-order valence-corrected chi connectivity index (χ1v) is 7.60. The number of rotatable bonds is 9. The fourth-order valence-electron chi connectivity index (χ4n) is 2.21. The van der Waals surface area contributed by atoms with Crippen LogP contribution in [0.15, 0.2) is 18.2 Å². The molecule has 3 heteroatoms. The minimum atomic E-state index is -0.260. The van der Waals surface area contributed by atoms with E-state index in [4.69, 9.17) is 16.3 Å². The summed E-state index contributed by atoms with van der Waals surface area (Å²) in [7, 11) is 1.59. The van der Waals surface area contributed by atoms with E-state index >= 15 is 0 Å². The summed E-state index contributed by atoms with van der Waals surface area (Å²) in [6, 6.07) is 4.52. The second-order valence-electron chi connectivity index (χ2n) is 4.91. The highest BCUT2D eigenvalue weighted by Gasteiger charge is 2.14. The van der Waals surface area contributed by atoms with Crippen LogP contribution in [0.3, 0.4) is 0 Å². The lowest BCUT2D eigenvalue weighted by Crippen LogP contribution is -1.97. The molecule has 108 valence electrons. The Labute approximate surface area is 121 Å². The number of halogens is 2. The standard InChI is InChI=1S/C16H24ClFO/c1-3-4-5-6-7-8-9-15(17)14-12-13(18)10-11-16(14)19-2/h10-12,15H,3-9H2,1-2H3. The second kappa shape index (κ2) is 9.19. The summed E-state index contributed by atoms with van der Waals surface area (Å²) in [6.07, 6.45) is 8.27. The molecule has 0 aliphatic heterocycles. The summed E-state index contributed by atoms with van der Waals surface area (Å²) < 4.78 is 18.5. The third-order valence-corrected chi connectivity index (χ3v) is 3.79. The molecular weight excluding hydrogens is 263 g/mol. The maximum Gasteiger partial charge on any atom is 0.123 e. The largest absolute Gasteiger partial charge is 0.496 e. The van der Waals surface area contributed by atoms with Gasteiger partial charge in [0.2, 0.25) is 0 Å². The van der Waals surface area contributed by atoms with Gasteiger partial charge in [0.25, 0.3) is 0 Å². The molecule has 1 atom stereocenters. The molecule has 1 rings (SSSR count). The molecule has 19 heavy (non-hydrogen) atoms. The molecule has 0 N–H and O–H groups in total. The van der Waals surface area contributed by atoms with Crippen molar-refractivity contribution < 1.29 is 9.13 Å². The molecule has 0 radical (unpaired) electrons. The second-order valence-corrected chi connectivity index (χ2v) is 5.44. The molecule has 1 unspecified atom stereocenters. The van der Waals surface area contributed by atoms with Crippen molar-refractivity contribution in [1.82, 2.24) is 0 Å². The lowest BCUT2D eigenvalue weighted by molar-refractivity contribution is 0.406. The Bertz CT molecular complexity index is 368. The summed E-state index contributed by atoms with van der Waals surface area (Å²) in [5.41, 5.74) is 0.762. The molecule has 0 aliphatic rings. The van der Waals surface area contributed by atoms with Crippen molar-refractivity contribution in [3.05, 3.63) is 29.6 Å². The number of methoxy groups -OCH3 is 1. The van der Waals surface area contributed by atoms with Gasteiger partial charge in [0.1, 0.15) is 11.6 Å². The molecular formula is C16H24ClFO. The Hall–Kier alpha value is -0.760. The van der Waals surface area contributed by atoms with Crippen LogP contribution in [0.4, 0.5) is 4.39 Å². The van der Waals surface area contributed by atoms with Gasteiger partial charge in [-0.3, -0.25) is 0 Å². The Balaban J connectivity index is 2.40. The normalized spacial score (nSPS) is 12.4. The Morgan fingerprint density at radius 1 is 1.16 bits per heavy atom. The molecule has 0 bridgehead atoms. The average molecular weight is 287 g/mol. The van der Waals surface area contributed by atoms with Gasteiger partial charge in [-0.25, -0.2) is 4.39 Å². The smallest absolute Gasteiger partial charge is 0.123 e. The maximum absolute atomic E-state index is 13.3. The van der Waals surface area contributed by atoms with Gasteiger partial charge in [-0.2, -0.15) is 0 Å². The lowest BCUT2D eigenvalue weighted by Gasteiger charge is -2.14. The average Bonchev–Trinajstić information content (AvgIpc) is 2.42. The predicted octanol–water partition coefficient (Wildman–Crippen LogP) is 5.86. The Kier molecular flexibility index (Phi) is 7.88. The van der Waals surface area contributed by atoms with Crippen molar-refractivity contribution >= 4 is 11.6 Å². The van der Waals surface area contributed by atoms with Crippen LogP contribution in [-0.4, -0.2) is 7.11 Å². The van der Waals surface area contributed by atoms with Gasteiger partial charge >= 0.3 is 0 Å². The van der Waals surface area contributed by atoms with E-state index < -0.39 is 0 Å². The van der Waals surface area contributed by atoms with Crippen molar-refractivity contribution in [3.63, 3.8) is 0 Å². The number of unbranched alkanes of at least 4 members (excludes halogenated alkanes) is 5. The quantitative estimate of drug-likeness (QED) is 0.408. The van der Waals surface area contributed by atoms with Crippen molar-refractivity contribution in [3.8, 4) is 5.75 Å². The third kappa shape index (κ3) is 5.82. The van der Waals surface area contributed by atoms with Crippen LogP contribution in [0, 0.1) is 5.82 Å². The molecule has 0 aromatic heterocycles. The fraction of sp³-hybridized carbons (Fsp3) is 0.625. The van der Waals surface area contributed by atoms with Crippen LogP contribution < -0.4 is 4.74 Å². The van der Waals surface area contributed by atoms with Gasteiger partial charge in [0, 0.05) is 5.56 Å². The van der Waals surface area contributed by atoms with Crippen LogP contribution in [0.2, 0.25) is 0 Å². The molecule has 1 aromatic carbocycles. The summed E-state index contributed by atoms with van der Waals surface area (Å²) in [4.78, 5) is 0. The zero-order valence-electron chi connectivity index (χ0n) is 11.9. The first kappa shape index (κ1) is 16.3. The van der Waals surface area contributed by atoms with E-state index in [1.54, 1.807) is 13.2 Å². The number of hydrogen-bond donors (Lipinski definition) is 0. The monoisotopic (exact) mass is 286 g/mol. The Morgan fingerprint density at radius 3 is 2.53 bits per heavy atom. The highest BCUT2D eigenvalue weighted by molar-refractivity contribution is 6.21. The van der Waals surface area contributed by atoms with E-state index in [0.717, 1.165) is 18.4 Å². The molecule has 0 aliphatic carbocycles. The zero-order valence-corrected chi connectivity index (χ0v) is 12.7. The van der Waals surface area contributed by atoms with E-state index in [-0.39, 0.29) is 11.2 Å². The first-order chi connectivity index (χ1) is 9.19. The summed E-state index contributed by atoms with van der Waals surface area (Å²) in [6.45, 7) is 2.21. The maximum atomic E-state index is 13.3. The van der Waals surface area contributed by atoms with Crippen LogP contribution >= 0.6 is 11.6 Å². The SMILES string of the molecule is CCCCCCCCC(Cl)c1cc(F)ccc1OC. The van der Waals surface area contributed by atoms with E-state index in [0.29, 0.717) is 5.75 Å². The highest BCUT2D eigenvalue weighted by atomic mass is 35.5. The number of alkyl halides is 1. The summed E-state index contributed by atoms with van der Waals surface area (Å²) in [5, 5.41) is -0.170. The van der Waals surface area contributed by atoms with Crippen molar-refractivity contribution in [2.75, 3.05) is 7.11 Å². The van der Waals surface area contributed by atoms with E-state index in [2.05, 4.69) is 6.92 Å². The zero-order chi connectivity index (χ0) is 14.1. The van der Waals surface area contributed by atoms with Gasteiger partial charge in [0.05, 0.1) is 12.5 Å². The van der Waals surface area contributed by atoms with Gasteiger partial charge in [-0.1, -0.05) is 45.4 Å². The van der Waals surface area contributed by atoms with Crippen molar-refractivity contribution in [1.29, 1.82) is 0 Å². The lowest BCUT2D eigenvalue weighted by atomic mass is 10.0. The van der Waals surface area contributed by atoms with Crippen LogP contribution in [0.1, 0.15) is 62.8 Å². The van der Waals surface area contributed by atoms with Crippen molar-refractivity contribution in [2.45, 2.75) is 57.2 Å². The molecule has 0 spiro atoms. The molecule has 0 amide bonds. The van der Waals surface area contributed by atoms with E-state index in [1.807, 2.05) is 0 Å². The van der Waals surface area contributed by atoms with Crippen LogP contribution in [-0.2, 0) is 0 Å². The number of benzene rings is 1. The number of hydrogen-bond acceptors (Lipinski definition) is 1. The summed E-state index contributed by atoms with van der Waals surface area (Å²) >= 11 is 6.36. The van der Waals surface area contributed by atoms with Gasteiger partial charge < -0.3 is 4.74 Å². The van der Waals surface area contributed by atoms with E-state index in [1.165, 1.54) is 44.2 Å².